The second-order valence-electron chi connectivity index (χ2n) is 13.2. The number of carboxylic acid groups (broad SMARTS) is 2. The molecular formula is C31H51ClO5. The number of fused-ring (bicyclic) bond motifs is 5. The van der Waals surface area contributed by atoms with Crippen LogP contribution in [0.2, 0.25) is 0 Å². The first-order valence-corrected chi connectivity index (χ1v) is 14.4. The van der Waals surface area contributed by atoms with Crippen LogP contribution in [-0.2, 0) is 9.59 Å². The van der Waals surface area contributed by atoms with Gasteiger partial charge in [-0.3, -0.25) is 0 Å². The smallest absolute Gasteiger partial charge is 0.328 e. The average molecular weight is 539 g/mol. The fourth-order valence-electron chi connectivity index (χ4n) is 8.81. The third-order valence-corrected chi connectivity index (χ3v) is 10.6. The maximum Gasteiger partial charge on any atom is 0.328 e. The summed E-state index contributed by atoms with van der Waals surface area (Å²) >= 11 is 0. The Kier molecular flexibility index (Phi) is 11.3. The van der Waals surface area contributed by atoms with Crippen LogP contribution in [0.4, 0.5) is 0 Å². The predicted octanol–water partition coefficient (Wildman–Crippen LogP) is 7.52. The highest BCUT2D eigenvalue weighted by atomic mass is 35.5. The van der Waals surface area contributed by atoms with E-state index in [0.29, 0.717) is 23.0 Å². The summed E-state index contributed by atoms with van der Waals surface area (Å²) in [6.45, 7) is 12.6. The van der Waals surface area contributed by atoms with Crippen LogP contribution in [0.1, 0.15) is 105 Å². The SMILES string of the molecule is CC(C)CCCC(C)[C@H]1CC[C@H]2[C@@H]3CC=C4C[C@@H](O)CC[C@]4(C)[C@H]3CC[C@]12C.Cl.O=C(O)/C=C\C(=O)O. The predicted molar refractivity (Wildman–Crippen MR) is 151 cm³/mol. The van der Waals surface area contributed by atoms with Crippen molar-refractivity contribution in [3.63, 3.8) is 0 Å². The van der Waals surface area contributed by atoms with Crippen molar-refractivity contribution in [2.24, 2.45) is 46.3 Å². The van der Waals surface area contributed by atoms with E-state index >= 15 is 0 Å². The van der Waals surface area contributed by atoms with Crippen LogP contribution in [-0.4, -0.2) is 33.4 Å². The molecule has 4 aliphatic rings. The van der Waals surface area contributed by atoms with E-state index in [2.05, 4.69) is 40.7 Å². The van der Waals surface area contributed by atoms with Crippen LogP contribution in [0.15, 0.2) is 23.8 Å². The van der Waals surface area contributed by atoms with Crippen molar-refractivity contribution in [1.29, 1.82) is 0 Å². The Morgan fingerprint density at radius 2 is 1.62 bits per heavy atom. The van der Waals surface area contributed by atoms with E-state index in [1.165, 1.54) is 57.8 Å². The first kappa shape index (κ1) is 31.9. The van der Waals surface area contributed by atoms with Gasteiger partial charge in [-0.1, -0.05) is 65.5 Å². The highest BCUT2D eigenvalue weighted by Gasteiger charge is 2.59. The lowest BCUT2D eigenvalue weighted by atomic mass is 9.47. The molecule has 0 aromatic carbocycles. The minimum atomic E-state index is -1.26. The van der Waals surface area contributed by atoms with E-state index in [4.69, 9.17) is 10.2 Å². The van der Waals surface area contributed by atoms with E-state index < -0.39 is 11.9 Å². The number of carbonyl (C=O) groups is 2. The lowest BCUT2D eigenvalue weighted by Gasteiger charge is -2.58. The van der Waals surface area contributed by atoms with Crippen LogP contribution in [0, 0.1) is 46.3 Å². The molecule has 0 saturated heterocycles. The summed E-state index contributed by atoms with van der Waals surface area (Å²) < 4.78 is 0. The second-order valence-corrected chi connectivity index (χ2v) is 13.2. The molecule has 0 amide bonds. The van der Waals surface area contributed by atoms with Gasteiger partial charge in [0.2, 0.25) is 0 Å². The normalized spacial score (nSPS) is 37.3. The fraction of sp³-hybridized carbons (Fsp3) is 0.806. The lowest BCUT2D eigenvalue weighted by molar-refractivity contribution is -0.134. The molecule has 3 N–H and O–H groups in total. The zero-order valence-electron chi connectivity index (χ0n) is 23.6. The van der Waals surface area contributed by atoms with Gasteiger partial charge in [0.25, 0.3) is 0 Å². The van der Waals surface area contributed by atoms with E-state index in [1.807, 2.05) is 0 Å². The number of halogens is 1. The molecule has 5 nitrogen and oxygen atoms in total. The summed E-state index contributed by atoms with van der Waals surface area (Å²) in [5.74, 6) is 2.94. The number of hydrogen-bond acceptors (Lipinski definition) is 3. The molecule has 0 heterocycles. The molecule has 0 aliphatic heterocycles. The van der Waals surface area contributed by atoms with Crippen molar-refractivity contribution < 1.29 is 24.9 Å². The molecule has 0 radical (unpaired) electrons. The Hall–Kier alpha value is -1.33. The monoisotopic (exact) mass is 538 g/mol. The minimum absolute atomic E-state index is 0. The van der Waals surface area contributed by atoms with Gasteiger partial charge in [0.05, 0.1) is 6.10 Å². The number of aliphatic hydroxyl groups is 1. The summed E-state index contributed by atoms with van der Waals surface area (Å²) in [6, 6.07) is 0. The standard InChI is InChI=1S/C27H46O.C4H4O4.ClH/c1-18(2)7-6-8-19(3)23-11-12-24-22-10-9-20-17-21(28)13-15-26(20,4)25(22)14-16-27(23,24)5;5-3(6)1-2-4(7)8;/h9,18-19,21-25,28H,6-8,10-17H2,1-5H3;1-2H,(H,5,6)(H,7,8);1H/b;2-1-;/t19?,21-,22-,23+,24-,25-,26-,27+;;/m0../s1. The van der Waals surface area contributed by atoms with Gasteiger partial charge in [0, 0.05) is 12.2 Å². The highest BCUT2D eigenvalue weighted by molar-refractivity contribution is 5.89. The molecule has 212 valence electrons. The minimum Gasteiger partial charge on any atom is -0.478 e. The summed E-state index contributed by atoms with van der Waals surface area (Å²) in [5.41, 5.74) is 2.60. The molecule has 8 atom stereocenters. The largest absolute Gasteiger partial charge is 0.478 e. The molecule has 0 aromatic rings. The Morgan fingerprint density at radius 3 is 2.22 bits per heavy atom. The van der Waals surface area contributed by atoms with Crippen LogP contribution >= 0.6 is 12.4 Å². The van der Waals surface area contributed by atoms with Gasteiger partial charge in [-0.25, -0.2) is 9.59 Å². The number of allylic oxidation sites excluding steroid dienone is 1. The molecule has 0 aromatic heterocycles. The van der Waals surface area contributed by atoms with Crippen molar-refractivity contribution in [2.45, 2.75) is 111 Å². The molecule has 0 bridgehead atoms. The molecule has 0 spiro atoms. The Balaban J connectivity index is 0.000000467. The lowest BCUT2D eigenvalue weighted by Crippen LogP contribution is -2.50. The van der Waals surface area contributed by atoms with Gasteiger partial charge in [-0.2, -0.15) is 0 Å². The van der Waals surface area contributed by atoms with Gasteiger partial charge < -0.3 is 15.3 Å². The third-order valence-electron chi connectivity index (χ3n) is 10.6. The molecule has 37 heavy (non-hydrogen) atoms. The molecule has 4 aliphatic carbocycles. The Morgan fingerprint density at radius 1 is 0.973 bits per heavy atom. The molecule has 6 heteroatoms. The van der Waals surface area contributed by atoms with E-state index in [9.17, 15) is 14.7 Å². The number of aliphatic hydroxyl groups excluding tert-OH is 1. The molecule has 3 saturated carbocycles. The third kappa shape index (κ3) is 7.20. The van der Waals surface area contributed by atoms with Gasteiger partial charge >= 0.3 is 11.9 Å². The topological polar surface area (TPSA) is 94.8 Å². The molecular weight excluding hydrogens is 488 g/mol. The summed E-state index contributed by atoms with van der Waals surface area (Å²) in [5, 5.41) is 25.8. The van der Waals surface area contributed by atoms with Crippen molar-refractivity contribution >= 4 is 24.3 Å². The van der Waals surface area contributed by atoms with Gasteiger partial charge in [-0.05, 0) is 97.7 Å². The van der Waals surface area contributed by atoms with Gasteiger partial charge in [0.1, 0.15) is 0 Å². The average Bonchev–Trinajstić information content (AvgIpc) is 3.15. The number of aliphatic carboxylic acids is 2. The zero-order chi connectivity index (χ0) is 26.7. The Labute approximate surface area is 230 Å². The first-order valence-electron chi connectivity index (χ1n) is 14.4. The summed E-state index contributed by atoms with van der Waals surface area (Å²) in [4.78, 5) is 19.1. The van der Waals surface area contributed by atoms with Crippen LogP contribution in [0.3, 0.4) is 0 Å². The summed E-state index contributed by atoms with van der Waals surface area (Å²) in [7, 11) is 0. The number of carboxylic acids is 2. The van der Waals surface area contributed by atoms with Crippen LogP contribution < -0.4 is 0 Å². The number of hydrogen-bond donors (Lipinski definition) is 3. The van der Waals surface area contributed by atoms with E-state index in [0.717, 1.165) is 48.3 Å². The van der Waals surface area contributed by atoms with Crippen molar-refractivity contribution in [3.8, 4) is 0 Å². The fourth-order valence-corrected chi connectivity index (χ4v) is 8.81. The summed E-state index contributed by atoms with van der Waals surface area (Å²) in [6.07, 6.45) is 18.3. The quantitative estimate of drug-likeness (QED) is 0.230. The van der Waals surface area contributed by atoms with Crippen molar-refractivity contribution in [3.05, 3.63) is 23.8 Å². The number of rotatable bonds is 7. The van der Waals surface area contributed by atoms with E-state index in [-0.39, 0.29) is 18.5 Å². The van der Waals surface area contributed by atoms with Crippen LogP contribution in [0.5, 0.6) is 0 Å². The second kappa shape index (κ2) is 13.2. The maximum absolute atomic E-state index is 10.2. The highest BCUT2D eigenvalue weighted by Crippen LogP contribution is 2.67. The van der Waals surface area contributed by atoms with E-state index in [1.54, 1.807) is 5.57 Å². The van der Waals surface area contributed by atoms with Crippen LogP contribution in [0.25, 0.3) is 0 Å². The van der Waals surface area contributed by atoms with Gasteiger partial charge in [-0.15, -0.1) is 12.4 Å². The first-order chi connectivity index (χ1) is 16.9. The van der Waals surface area contributed by atoms with Gasteiger partial charge in [0.15, 0.2) is 0 Å². The molecule has 3 fully saturated rings. The Bertz CT molecular complexity index is 835. The molecule has 1 unspecified atom stereocenters. The molecule has 4 rings (SSSR count). The maximum atomic E-state index is 10.2. The zero-order valence-corrected chi connectivity index (χ0v) is 24.4. The van der Waals surface area contributed by atoms with Crippen molar-refractivity contribution in [2.75, 3.05) is 0 Å². The van der Waals surface area contributed by atoms with Crippen molar-refractivity contribution in [1.82, 2.24) is 0 Å².